The highest BCUT2D eigenvalue weighted by atomic mass is 35.5. The highest BCUT2D eigenvalue weighted by Gasteiger charge is 2.35. The molecule has 170 valence electrons. The molecule has 0 unspecified atom stereocenters. The summed E-state index contributed by atoms with van der Waals surface area (Å²) in [5.74, 6) is -1.14. The maximum absolute atomic E-state index is 12.8. The van der Waals surface area contributed by atoms with Crippen LogP contribution in [0.5, 0.6) is 0 Å². The average Bonchev–Trinajstić information content (AvgIpc) is 3.23. The average molecular weight is 477 g/mol. The molecule has 7 nitrogen and oxygen atoms in total. The predicted molar refractivity (Wildman–Crippen MR) is 121 cm³/mol. The first-order valence-corrected chi connectivity index (χ1v) is 12.4. The van der Waals surface area contributed by atoms with E-state index in [4.69, 9.17) is 16.3 Å². The molecule has 32 heavy (non-hydrogen) atoms. The number of esters is 1. The van der Waals surface area contributed by atoms with Crippen LogP contribution in [-0.4, -0.2) is 50.3 Å². The van der Waals surface area contributed by atoms with E-state index in [1.165, 1.54) is 28.6 Å². The lowest BCUT2D eigenvalue weighted by Crippen LogP contribution is -2.43. The summed E-state index contributed by atoms with van der Waals surface area (Å²) in [5, 5.41) is 0.464. The van der Waals surface area contributed by atoms with Gasteiger partial charge in [-0.1, -0.05) is 29.8 Å². The summed E-state index contributed by atoms with van der Waals surface area (Å²) in [5.41, 5.74) is 1.97. The van der Waals surface area contributed by atoms with Crippen LogP contribution in [0.4, 0.5) is 5.69 Å². The van der Waals surface area contributed by atoms with Gasteiger partial charge in [-0.25, -0.2) is 8.42 Å². The van der Waals surface area contributed by atoms with Gasteiger partial charge in [-0.15, -0.1) is 0 Å². The summed E-state index contributed by atoms with van der Waals surface area (Å²) in [6.45, 7) is 2.58. The van der Waals surface area contributed by atoms with Gasteiger partial charge in [0.15, 0.2) is 6.10 Å². The number of carbonyl (C=O) groups excluding carboxylic acids is 2. The van der Waals surface area contributed by atoms with Crippen molar-refractivity contribution in [1.82, 2.24) is 4.31 Å². The molecule has 1 saturated heterocycles. The van der Waals surface area contributed by atoms with Gasteiger partial charge in [0.2, 0.25) is 10.0 Å². The fraction of sp³-hybridized carbons (Fsp3) is 0.391. The summed E-state index contributed by atoms with van der Waals surface area (Å²) in [6.07, 6.45) is 0.575. The van der Waals surface area contributed by atoms with Crippen LogP contribution in [0, 0.1) is 5.92 Å². The molecule has 0 aliphatic carbocycles. The Hall–Kier alpha value is -2.42. The number of fused-ring (bicyclic) bond motifs is 1. The number of benzene rings is 2. The lowest BCUT2D eigenvalue weighted by atomic mass is 9.98. The van der Waals surface area contributed by atoms with E-state index in [0.29, 0.717) is 24.4 Å². The third-order valence-corrected chi connectivity index (χ3v) is 8.20. The van der Waals surface area contributed by atoms with E-state index in [1.54, 1.807) is 11.8 Å². The number of hydrogen-bond donors (Lipinski definition) is 0. The molecule has 2 aromatic rings. The van der Waals surface area contributed by atoms with Crippen LogP contribution in [0.3, 0.4) is 0 Å². The minimum absolute atomic E-state index is 0.174. The molecule has 2 aliphatic heterocycles. The molecule has 0 bridgehead atoms. The van der Waals surface area contributed by atoms with E-state index in [9.17, 15) is 18.0 Å². The number of piperidine rings is 1. The van der Waals surface area contributed by atoms with E-state index in [2.05, 4.69) is 0 Å². The molecular formula is C23H25ClN2O5S. The fourth-order valence-corrected chi connectivity index (χ4v) is 5.79. The zero-order valence-corrected chi connectivity index (χ0v) is 19.3. The second-order valence-electron chi connectivity index (χ2n) is 8.08. The standard InChI is InChI=1S/C23H25ClN2O5S/c1-16(22(27)26-15-12-17-4-2-3-5-21(17)26)31-23(28)18-10-13-25(14-11-18)32(29,30)20-8-6-19(24)7-9-20/h2-9,16,18H,10-15H2,1H3/t16-/m1/s1. The number of ether oxygens (including phenoxy) is 1. The lowest BCUT2D eigenvalue weighted by molar-refractivity contribution is -0.159. The molecule has 0 N–H and O–H groups in total. The van der Waals surface area contributed by atoms with E-state index in [0.717, 1.165) is 17.7 Å². The highest BCUT2D eigenvalue weighted by molar-refractivity contribution is 7.89. The van der Waals surface area contributed by atoms with Gasteiger partial charge in [0.25, 0.3) is 5.91 Å². The number of anilines is 1. The fourth-order valence-electron chi connectivity index (χ4n) is 4.19. The van der Waals surface area contributed by atoms with Crippen molar-refractivity contribution in [3.8, 4) is 0 Å². The first-order chi connectivity index (χ1) is 15.3. The Morgan fingerprint density at radius 1 is 1.03 bits per heavy atom. The van der Waals surface area contributed by atoms with Gasteiger partial charge in [0, 0.05) is 30.3 Å². The Labute approximate surface area is 193 Å². The van der Waals surface area contributed by atoms with Crippen LogP contribution < -0.4 is 4.90 Å². The minimum atomic E-state index is -3.64. The molecule has 0 aromatic heterocycles. The first kappa shape index (κ1) is 22.8. The summed E-state index contributed by atoms with van der Waals surface area (Å²) in [4.78, 5) is 27.3. The van der Waals surface area contributed by atoms with E-state index in [-0.39, 0.29) is 23.9 Å². The van der Waals surface area contributed by atoms with Crippen LogP contribution in [0.2, 0.25) is 5.02 Å². The number of hydrogen-bond acceptors (Lipinski definition) is 5. The van der Waals surface area contributed by atoms with Crippen molar-refractivity contribution < 1.29 is 22.7 Å². The molecule has 2 aliphatic rings. The quantitative estimate of drug-likeness (QED) is 0.618. The second-order valence-corrected chi connectivity index (χ2v) is 10.5. The number of para-hydroxylation sites is 1. The van der Waals surface area contributed by atoms with Crippen molar-refractivity contribution in [1.29, 1.82) is 0 Å². The molecule has 2 heterocycles. The van der Waals surface area contributed by atoms with Crippen molar-refractivity contribution in [3.63, 3.8) is 0 Å². The van der Waals surface area contributed by atoms with Crippen LogP contribution in [0.1, 0.15) is 25.3 Å². The van der Waals surface area contributed by atoms with E-state index in [1.807, 2.05) is 24.3 Å². The van der Waals surface area contributed by atoms with Gasteiger partial charge in [-0.3, -0.25) is 9.59 Å². The first-order valence-electron chi connectivity index (χ1n) is 10.6. The normalized spacial score (nSPS) is 18.2. The number of amides is 1. The molecule has 0 saturated carbocycles. The van der Waals surface area contributed by atoms with E-state index < -0.39 is 28.0 Å². The summed E-state index contributed by atoms with van der Waals surface area (Å²) < 4.78 is 32.5. The molecule has 1 fully saturated rings. The summed E-state index contributed by atoms with van der Waals surface area (Å²) in [7, 11) is -3.64. The van der Waals surface area contributed by atoms with Crippen molar-refractivity contribution in [3.05, 3.63) is 59.1 Å². The van der Waals surface area contributed by atoms with Gasteiger partial charge >= 0.3 is 5.97 Å². The van der Waals surface area contributed by atoms with Crippen LogP contribution in [-0.2, 0) is 30.8 Å². The SMILES string of the molecule is C[C@@H](OC(=O)C1CCN(S(=O)(=O)c2ccc(Cl)cc2)CC1)C(=O)N1CCc2ccccc21. The number of nitrogens with zero attached hydrogens (tertiary/aromatic N) is 2. The predicted octanol–water partition coefficient (Wildman–Crippen LogP) is 3.26. The van der Waals surface area contributed by atoms with Crippen molar-refractivity contribution in [2.24, 2.45) is 5.92 Å². The highest BCUT2D eigenvalue weighted by Crippen LogP contribution is 2.29. The molecule has 9 heteroatoms. The Morgan fingerprint density at radius 3 is 2.38 bits per heavy atom. The summed E-state index contributed by atoms with van der Waals surface area (Å²) in [6, 6.07) is 13.7. The number of carbonyl (C=O) groups is 2. The summed E-state index contributed by atoms with van der Waals surface area (Å²) >= 11 is 5.84. The van der Waals surface area contributed by atoms with Crippen molar-refractivity contribution in [2.75, 3.05) is 24.5 Å². The number of sulfonamides is 1. The largest absolute Gasteiger partial charge is 0.452 e. The molecule has 4 rings (SSSR count). The van der Waals surface area contributed by atoms with Crippen LogP contribution in [0.15, 0.2) is 53.4 Å². The molecule has 1 amide bonds. The third kappa shape index (κ3) is 4.53. The monoisotopic (exact) mass is 476 g/mol. The van der Waals surface area contributed by atoms with Crippen LogP contribution in [0.25, 0.3) is 0 Å². The Morgan fingerprint density at radius 2 is 1.69 bits per heavy atom. The van der Waals surface area contributed by atoms with Gasteiger partial charge < -0.3 is 9.64 Å². The van der Waals surface area contributed by atoms with E-state index >= 15 is 0 Å². The maximum Gasteiger partial charge on any atom is 0.309 e. The Balaban J connectivity index is 1.33. The molecule has 0 radical (unpaired) electrons. The molecule has 0 spiro atoms. The minimum Gasteiger partial charge on any atom is -0.452 e. The van der Waals surface area contributed by atoms with Gasteiger partial charge in [0.05, 0.1) is 10.8 Å². The van der Waals surface area contributed by atoms with Crippen molar-refractivity contribution >= 4 is 39.2 Å². The zero-order chi connectivity index (χ0) is 22.9. The third-order valence-electron chi connectivity index (χ3n) is 6.03. The topological polar surface area (TPSA) is 84.0 Å². The lowest BCUT2D eigenvalue weighted by Gasteiger charge is -2.31. The van der Waals surface area contributed by atoms with Crippen molar-refractivity contribution in [2.45, 2.75) is 37.2 Å². The number of rotatable bonds is 5. The second kappa shape index (κ2) is 9.21. The van der Waals surface area contributed by atoms with Gasteiger partial charge in [-0.2, -0.15) is 4.31 Å². The maximum atomic E-state index is 12.8. The zero-order valence-electron chi connectivity index (χ0n) is 17.7. The van der Waals surface area contributed by atoms with Gasteiger partial charge in [0.1, 0.15) is 0 Å². The molecular weight excluding hydrogens is 452 g/mol. The van der Waals surface area contributed by atoms with Gasteiger partial charge in [-0.05, 0) is 62.1 Å². The smallest absolute Gasteiger partial charge is 0.309 e. The Kier molecular flexibility index (Phi) is 6.55. The molecule has 1 atom stereocenters. The number of halogens is 1. The van der Waals surface area contributed by atoms with Crippen LogP contribution >= 0.6 is 11.6 Å². The molecule has 2 aromatic carbocycles. The Bertz CT molecular complexity index is 1110.